The van der Waals surface area contributed by atoms with Gasteiger partial charge in [-0.25, -0.2) is 0 Å². The Labute approximate surface area is 317 Å². The summed E-state index contributed by atoms with van der Waals surface area (Å²) in [6.07, 6.45) is 8.73. The number of rotatable bonds is 8. The number of hydrogen-bond donors (Lipinski definition) is 0. The molecule has 9 aromatic rings. The maximum Gasteiger partial charge on any atom is -0.00261 e. The van der Waals surface area contributed by atoms with E-state index in [9.17, 15) is 0 Å². The Morgan fingerprint density at radius 3 is 1.07 bits per heavy atom. The minimum atomic E-state index is 1.17. The summed E-state index contributed by atoms with van der Waals surface area (Å²) < 4.78 is 0. The zero-order chi connectivity index (χ0) is 36.1. The van der Waals surface area contributed by atoms with Crippen molar-refractivity contribution in [1.29, 1.82) is 0 Å². The lowest BCUT2D eigenvalue weighted by Gasteiger charge is -2.19. The summed E-state index contributed by atoms with van der Waals surface area (Å²) in [5.41, 5.74) is 14.5. The molecule has 254 valence electrons. The minimum absolute atomic E-state index is 1.17. The van der Waals surface area contributed by atoms with Crippen LogP contribution in [0.25, 0.3) is 90.4 Å². The van der Waals surface area contributed by atoms with Crippen molar-refractivity contribution >= 4 is 45.8 Å². The SMILES string of the molecule is C(=Cc1ccc(-c2c3ccccc3c(-c3ccc(C=Cc4ccccc4)cc3)c3cc(-c4ccccc4-c4ccccc4)ccc23)cc1)c1ccccc1. The molecule has 0 atom stereocenters. The van der Waals surface area contributed by atoms with Gasteiger partial charge in [0.2, 0.25) is 0 Å². The third-order valence-electron chi connectivity index (χ3n) is 10.3. The molecular formula is C54H38. The van der Waals surface area contributed by atoms with Crippen LogP contribution in [-0.2, 0) is 0 Å². The fourth-order valence-corrected chi connectivity index (χ4v) is 7.61. The van der Waals surface area contributed by atoms with Crippen molar-refractivity contribution in [1.82, 2.24) is 0 Å². The van der Waals surface area contributed by atoms with Crippen molar-refractivity contribution in [2.24, 2.45) is 0 Å². The Morgan fingerprint density at radius 2 is 0.574 bits per heavy atom. The van der Waals surface area contributed by atoms with Gasteiger partial charge in [-0.1, -0.05) is 224 Å². The average molecular weight is 687 g/mol. The summed E-state index contributed by atoms with van der Waals surface area (Å²) in [6.45, 7) is 0. The van der Waals surface area contributed by atoms with Gasteiger partial charge in [0.1, 0.15) is 0 Å². The van der Waals surface area contributed by atoms with Gasteiger partial charge in [0.15, 0.2) is 0 Å². The molecule has 0 nitrogen and oxygen atoms in total. The molecule has 9 aromatic carbocycles. The number of hydrogen-bond acceptors (Lipinski definition) is 0. The molecule has 0 aliphatic rings. The molecule has 0 aliphatic carbocycles. The standard InChI is InChI=1S/C54H38/c1-4-14-39(15-5-1)24-26-41-28-32-44(33-29-41)53-49-22-12-13-23-50(49)54(45-34-30-42(31-35-45)27-25-40-16-6-2-7-17-40)52-38-46(36-37-51(52)53)48-21-11-10-20-47(48)43-18-8-3-9-19-43/h1-38H. The third kappa shape index (κ3) is 6.70. The Morgan fingerprint density at radius 1 is 0.222 bits per heavy atom. The van der Waals surface area contributed by atoms with E-state index in [2.05, 4.69) is 231 Å². The molecule has 0 heterocycles. The summed E-state index contributed by atoms with van der Waals surface area (Å²) in [7, 11) is 0. The minimum Gasteiger partial charge on any atom is -0.0622 e. The summed E-state index contributed by atoms with van der Waals surface area (Å²) in [5, 5.41) is 4.97. The van der Waals surface area contributed by atoms with Crippen molar-refractivity contribution in [3.05, 3.63) is 229 Å². The maximum atomic E-state index is 2.42. The van der Waals surface area contributed by atoms with Gasteiger partial charge in [-0.15, -0.1) is 0 Å². The second-order valence-electron chi connectivity index (χ2n) is 13.7. The fourth-order valence-electron chi connectivity index (χ4n) is 7.61. The quantitative estimate of drug-likeness (QED) is 0.110. The Bertz CT molecular complexity index is 2750. The smallest absolute Gasteiger partial charge is 0.00261 e. The van der Waals surface area contributed by atoms with Crippen LogP contribution in [0, 0.1) is 0 Å². The number of fused-ring (bicyclic) bond motifs is 2. The molecule has 0 radical (unpaired) electrons. The van der Waals surface area contributed by atoms with Gasteiger partial charge in [-0.2, -0.15) is 0 Å². The molecular weight excluding hydrogens is 649 g/mol. The molecule has 0 fully saturated rings. The molecule has 0 bridgehead atoms. The van der Waals surface area contributed by atoms with Crippen LogP contribution in [0.5, 0.6) is 0 Å². The molecule has 0 amide bonds. The first-order chi connectivity index (χ1) is 26.8. The zero-order valence-corrected chi connectivity index (χ0v) is 29.9. The lowest BCUT2D eigenvalue weighted by molar-refractivity contribution is 1.59. The molecule has 0 heteroatoms. The van der Waals surface area contributed by atoms with Gasteiger partial charge >= 0.3 is 0 Å². The predicted octanol–water partition coefficient (Wildman–Crippen LogP) is 15.0. The average Bonchev–Trinajstić information content (AvgIpc) is 3.25. The van der Waals surface area contributed by atoms with Crippen LogP contribution < -0.4 is 0 Å². The summed E-state index contributed by atoms with van der Waals surface area (Å²) in [5.74, 6) is 0. The lowest BCUT2D eigenvalue weighted by Crippen LogP contribution is -1.92. The van der Waals surface area contributed by atoms with Gasteiger partial charge in [0.05, 0.1) is 0 Å². The summed E-state index contributed by atoms with van der Waals surface area (Å²) >= 11 is 0. The highest BCUT2D eigenvalue weighted by molar-refractivity contribution is 6.22. The van der Waals surface area contributed by atoms with Crippen molar-refractivity contribution in [3.8, 4) is 44.5 Å². The Balaban J connectivity index is 1.22. The first kappa shape index (κ1) is 32.9. The maximum absolute atomic E-state index is 2.42. The van der Waals surface area contributed by atoms with Gasteiger partial charge < -0.3 is 0 Å². The van der Waals surface area contributed by atoms with Crippen molar-refractivity contribution in [2.75, 3.05) is 0 Å². The third-order valence-corrected chi connectivity index (χ3v) is 10.3. The van der Waals surface area contributed by atoms with Crippen LogP contribution in [0.15, 0.2) is 206 Å². The molecule has 0 saturated carbocycles. The van der Waals surface area contributed by atoms with Gasteiger partial charge in [-0.05, 0) is 94.4 Å². The van der Waals surface area contributed by atoms with Gasteiger partial charge in [0.25, 0.3) is 0 Å². The van der Waals surface area contributed by atoms with E-state index < -0.39 is 0 Å². The topological polar surface area (TPSA) is 0 Å². The summed E-state index contributed by atoms with van der Waals surface area (Å²) in [4.78, 5) is 0. The van der Waals surface area contributed by atoms with E-state index in [0.29, 0.717) is 0 Å². The van der Waals surface area contributed by atoms with E-state index in [4.69, 9.17) is 0 Å². The Hall–Kier alpha value is -7.02. The highest BCUT2D eigenvalue weighted by atomic mass is 14.2. The van der Waals surface area contributed by atoms with E-state index >= 15 is 0 Å². The zero-order valence-electron chi connectivity index (χ0n) is 29.9. The van der Waals surface area contributed by atoms with Gasteiger partial charge in [0, 0.05) is 0 Å². The molecule has 0 N–H and O–H groups in total. The highest BCUT2D eigenvalue weighted by Gasteiger charge is 2.18. The van der Waals surface area contributed by atoms with Crippen LogP contribution in [-0.4, -0.2) is 0 Å². The van der Waals surface area contributed by atoms with Gasteiger partial charge in [-0.3, -0.25) is 0 Å². The first-order valence-electron chi connectivity index (χ1n) is 18.6. The molecule has 0 saturated heterocycles. The van der Waals surface area contributed by atoms with Crippen LogP contribution in [0.1, 0.15) is 22.3 Å². The van der Waals surface area contributed by atoms with Crippen LogP contribution in [0.2, 0.25) is 0 Å². The van der Waals surface area contributed by atoms with Crippen LogP contribution in [0.3, 0.4) is 0 Å². The van der Waals surface area contributed by atoms with E-state index in [1.165, 1.54) is 88.3 Å². The molecule has 0 aliphatic heterocycles. The molecule has 0 aromatic heterocycles. The van der Waals surface area contributed by atoms with Crippen LogP contribution >= 0.6 is 0 Å². The van der Waals surface area contributed by atoms with E-state index in [1.807, 2.05) is 0 Å². The van der Waals surface area contributed by atoms with E-state index in [1.54, 1.807) is 0 Å². The summed E-state index contributed by atoms with van der Waals surface area (Å²) in [6, 6.07) is 74.4. The predicted molar refractivity (Wildman–Crippen MR) is 234 cm³/mol. The van der Waals surface area contributed by atoms with E-state index in [-0.39, 0.29) is 0 Å². The second kappa shape index (κ2) is 14.9. The number of benzene rings is 9. The normalized spacial score (nSPS) is 11.6. The highest BCUT2D eigenvalue weighted by Crippen LogP contribution is 2.45. The molecule has 0 unspecified atom stereocenters. The monoisotopic (exact) mass is 686 g/mol. The Kier molecular flexibility index (Phi) is 9.07. The fraction of sp³-hybridized carbons (Fsp3) is 0. The molecule has 9 rings (SSSR count). The lowest BCUT2D eigenvalue weighted by atomic mass is 9.84. The van der Waals surface area contributed by atoms with Crippen molar-refractivity contribution in [3.63, 3.8) is 0 Å². The molecule has 54 heavy (non-hydrogen) atoms. The van der Waals surface area contributed by atoms with E-state index in [0.717, 1.165) is 0 Å². The largest absolute Gasteiger partial charge is 0.0622 e. The van der Waals surface area contributed by atoms with Crippen molar-refractivity contribution < 1.29 is 0 Å². The first-order valence-corrected chi connectivity index (χ1v) is 18.6. The molecule has 0 spiro atoms. The van der Waals surface area contributed by atoms with Crippen LogP contribution in [0.4, 0.5) is 0 Å². The van der Waals surface area contributed by atoms with Crippen molar-refractivity contribution in [2.45, 2.75) is 0 Å². The second-order valence-corrected chi connectivity index (χ2v) is 13.7.